The smallest absolute Gasteiger partial charge is 0.282 e. The highest BCUT2D eigenvalue weighted by molar-refractivity contribution is 7.86. The molecule has 0 spiro atoms. The fourth-order valence-electron chi connectivity index (χ4n) is 3.11. The van der Waals surface area contributed by atoms with Crippen molar-refractivity contribution < 1.29 is 13.0 Å². The normalized spacial score (nSPS) is 12.0. The van der Waals surface area contributed by atoms with Crippen LogP contribution in [0, 0.1) is 0 Å². The standard InChI is InChI=1S/C20H12N2O3S3/c23-28(24,25)17-11-5-6-12(19-21-13-7-1-3-9-15(13)26-19)18(17)20-22-14-8-2-4-10-16(14)27-20/h1-11H,(H,23,24,25). The van der Waals surface area contributed by atoms with Gasteiger partial charge in [-0.3, -0.25) is 4.55 Å². The summed E-state index contributed by atoms with van der Waals surface area (Å²) in [7, 11) is -4.44. The lowest BCUT2D eigenvalue weighted by molar-refractivity contribution is 0.483. The fourth-order valence-corrected chi connectivity index (χ4v) is 5.93. The molecule has 0 saturated heterocycles. The topological polar surface area (TPSA) is 80.2 Å². The minimum atomic E-state index is -4.44. The van der Waals surface area contributed by atoms with Gasteiger partial charge in [0, 0.05) is 11.1 Å². The first-order chi connectivity index (χ1) is 13.5. The van der Waals surface area contributed by atoms with E-state index in [1.54, 1.807) is 6.07 Å². The number of rotatable bonds is 3. The van der Waals surface area contributed by atoms with Crippen molar-refractivity contribution in [2.24, 2.45) is 0 Å². The minimum absolute atomic E-state index is 0.164. The molecule has 0 aliphatic heterocycles. The quantitative estimate of drug-likeness (QED) is 0.388. The maximum Gasteiger partial charge on any atom is 0.295 e. The van der Waals surface area contributed by atoms with Crippen LogP contribution in [0.5, 0.6) is 0 Å². The van der Waals surface area contributed by atoms with Crippen molar-refractivity contribution in [1.82, 2.24) is 9.97 Å². The Morgan fingerprint density at radius 1 is 0.714 bits per heavy atom. The number of hydrogen-bond donors (Lipinski definition) is 1. The molecule has 0 aliphatic carbocycles. The average molecular weight is 425 g/mol. The SMILES string of the molecule is O=S(=O)(O)c1cccc(-c2nc3ccccc3s2)c1-c1nc2ccccc2s1. The van der Waals surface area contributed by atoms with E-state index in [1.165, 1.54) is 28.7 Å². The molecule has 0 fully saturated rings. The third-order valence-electron chi connectivity index (χ3n) is 4.34. The van der Waals surface area contributed by atoms with Crippen LogP contribution in [0.4, 0.5) is 0 Å². The monoisotopic (exact) mass is 424 g/mol. The van der Waals surface area contributed by atoms with Crippen LogP contribution < -0.4 is 0 Å². The van der Waals surface area contributed by atoms with Crippen LogP contribution in [0.2, 0.25) is 0 Å². The van der Waals surface area contributed by atoms with E-state index in [0.717, 1.165) is 20.4 Å². The molecule has 5 nitrogen and oxygen atoms in total. The van der Waals surface area contributed by atoms with Crippen molar-refractivity contribution in [3.05, 3.63) is 66.7 Å². The molecule has 5 rings (SSSR count). The zero-order chi connectivity index (χ0) is 19.3. The average Bonchev–Trinajstić information content (AvgIpc) is 3.30. The Morgan fingerprint density at radius 3 is 1.89 bits per heavy atom. The number of nitrogens with zero attached hydrogens (tertiary/aromatic N) is 2. The summed E-state index contributed by atoms with van der Waals surface area (Å²) >= 11 is 2.86. The van der Waals surface area contributed by atoms with Gasteiger partial charge in [0.2, 0.25) is 0 Å². The number of aromatic nitrogens is 2. The van der Waals surface area contributed by atoms with Crippen LogP contribution in [0.25, 0.3) is 41.6 Å². The molecule has 0 saturated carbocycles. The molecule has 8 heteroatoms. The van der Waals surface area contributed by atoms with E-state index in [0.29, 0.717) is 21.1 Å². The van der Waals surface area contributed by atoms with Gasteiger partial charge in [0.25, 0.3) is 10.1 Å². The van der Waals surface area contributed by atoms with Crippen molar-refractivity contribution in [2.75, 3.05) is 0 Å². The van der Waals surface area contributed by atoms with Gasteiger partial charge in [0.05, 0.1) is 20.4 Å². The van der Waals surface area contributed by atoms with E-state index in [9.17, 15) is 13.0 Å². The molecule has 0 aliphatic rings. The Bertz CT molecular complexity index is 1390. The summed E-state index contributed by atoms with van der Waals surface area (Å²) < 4.78 is 36.0. The maximum atomic E-state index is 12.1. The minimum Gasteiger partial charge on any atom is -0.282 e. The second-order valence-corrected chi connectivity index (χ2v) is 9.58. The zero-order valence-electron chi connectivity index (χ0n) is 14.2. The molecule has 2 heterocycles. The molecule has 0 amide bonds. The van der Waals surface area contributed by atoms with Crippen molar-refractivity contribution in [2.45, 2.75) is 4.90 Å². The van der Waals surface area contributed by atoms with Crippen LogP contribution in [-0.4, -0.2) is 22.9 Å². The molecule has 0 bridgehead atoms. The Labute approximate surface area is 168 Å². The van der Waals surface area contributed by atoms with Crippen molar-refractivity contribution in [3.63, 3.8) is 0 Å². The first kappa shape index (κ1) is 17.4. The zero-order valence-corrected chi connectivity index (χ0v) is 16.7. The largest absolute Gasteiger partial charge is 0.295 e. The molecule has 3 aromatic carbocycles. The lowest BCUT2D eigenvalue weighted by Crippen LogP contribution is -2.02. The highest BCUT2D eigenvalue weighted by atomic mass is 32.2. The van der Waals surface area contributed by atoms with Gasteiger partial charge in [0.1, 0.15) is 14.9 Å². The number of thiazole rings is 2. The number of benzene rings is 3. The maximum absolute atomic E-state index is 12.1. The Balaban J connectivity index is 1.84. The second-order valence-electron chi connectivity index (χ2n) is 6.13. The molecule has 5 aromatic rings. The highest BCUT2D eigenvalue weighted by Gasteiger charge is 2.24. The van der Waals surface area contributed by atoms with E-state index in [-0.39, 0.29) is 4.90 Å². The van der Waals surface area contributed by atoms with E-state index in [1.807, 2.05) is 54.6 Å². The predicted octanol–water partition coefficient (Wildman–Crippen LogP) is 5.49. The van der Waals surface area contributed by atoms with Crippen LogP contribution in [0.1, 0.15) is 0 Å². The summed E-state index contributed by atoms with van der Waals surface area (Å²) in [5, 5.41) is 1.21. The molecule has 138 valence electrons. The summed E-state index contributed by atoms with van der Waals surface area (Å²) in [4.78, 5) is 9.12. The summed E-state index contributed by atoms with van der Waals surface area (Å²) in [5.74, 6) is 0. The highest BCUT2D eigenvalue weighted by Crippen LogP contribution is 2.42. The summed E-state index contributed by atoms with van der Waals surface area (Å²) in [6.45, 7) is 0. The van der Waals surface area contributed by atoms with Gasteiger partial charge in [0.15, 0.2) is 0 Å². The molecule has 2 aromatic heterocycles. The molecule has 1 N–H and O–H groups in total. The van der Waals surface area contributed by atoms with Crippen LogP contribution in [0.15, 0.2) is 71.6 Å². The van der Waals surface area contributed by atoms with Gasteiger partial charge in [-0.15, -0.1) is 22.7 Å². The van der Waals surface area contributed by atoms with Crippen LogP contribution in [-0.2, 0) is 10.1 Å². The van der Waals surface area contributed by atoms with E-state index >= 15 is 0 Å². The number of hydrogen-bond acceptors (Lipinski definition) is 6. The number of fused-ring (bicyclic) bond motifs is 2. The van der Waals surface area contributed by atoms with Gasteiger partial charge < -0.3 is 0 Å². The molecular formula is C20H12N2O3S3. The first-order valence-electron chi connectivity index (χ1n) is 8.33. The van der Waals surface area contributed by atoms with Crippen LogP contribution >= 0.6 is 22.7 Å². The second kappa shape index (κ2) is 6.46. The molecule has 0 unspecified atom stereocenters. The van der Waals surface area contributed by atoms with Gasteiger partial charge >= 0.3 is 0 Å². The third-order valence-corrected chi connectivity index (χ3v) is 7.36. The molecule has 0 atom stereocenters. The van der Waals surface area contributed by atoms with Gasteiger partial charge in [-0.25, -0.2) is 9.97 Å². The Hall–Kier alpha value is -2.65. The lowest BCUT2D eigenvalue weighted by atomic mass is 10.1. The van der Waals surface area contributed by atoms with Crippen molar-refractivity contribution in [1.29, 1.82) is 0 Å². The summed E-state index contributed by atoms with van der Waals surface area (Å²) in [6, 6.07) is 20.2. The van der Waals surface area contributed by atoms with Gasteiger partial charge in [-0.05, 0) is 30.3 Å². The Morgan fingerprint density at radius 2 is 1.29 bits per heavy atom. The fraction of sp³-hybridized carbons (Fsp3) is 0. The van der Waals surface area contributed by atoms with E-state index in [2.05, 4.69) is 9.97 Å². The first-order valence-corrected chi connectivity index (χ1v) is 11.4. The van der Waals surface area contributed by atoms with Crippen molar-refractivity contribution >= 4 is 53.2 Å². The van der Waals surface area contributed by atoms with Crippen molar-refractivity contribution in [3.8, 4) is 21.1 Å². The summed E-state index contributed by atoms with van der Waals surface area (Å²) in [5.41, 5.74) is 2.64. The lowest BCUT2D eigenvalue weighted by Gasteiger charge is -2.09. The third kappa shape index (κ3) is 2.91. The number of para-hydroxylation sites is 2. The molecule has 0 radical (unpaired) electrons. The summed E-state index contributed by atoms with van der Waals surface area (Å²) in [6.07, 6.45) is 0. The van der Waals surface area contributed by atoms with E-state index in [4.69, 9.17) is 0 Å². The van der Waals surface area contributed by atoms with E-state index < -0.39 is 10.1 Å². The van der Waals surface area contributed by atoms with Gasteiger partial charge in [-0.1, -0.05) is 36.4 Å². The molecular weight excluding hydrogens is 412 g/mol. The van der Waals surface area contributed by atoms with Crippen LogP contribution in [0.3, 0.4) is 0 Å². The molecule has 28 heavy (non-hydrogen) atoms. The Kier molecular flexibility index (Phi) is 4.02. The predicted molar refractivity (Wildman–Crippen MR) is 113 cm³/mol. The van der Waals surface area contributed by atoms with Gasteiger partial charge in [-0.2, -0.15) is 8.42 Å².